The molecule has 0 aliphatic rings. The van der Waals surface area contributed by atoms with Gasteiger partial charge in [0.2, 0.25) is 0 Å². The zero-order valence-electron chi connectivity index (χ0n) is 7.33. The van der Waals surface area contributed by atoms with E-state index >= 15 is 0 Å². The molecule has 2 heteroatoms. The SMILES string of the molecule is Cc1cc(C=CCCN)ccn1. The van der Waals surface area contributed by atoms with Gasteiger partial charge in [-0.3, -0.25) is 4.98 Å². The number of hydrogen-bond donors (Lipinski definition) is 1. The molecule has 2 nitrogen and oxygen atoms in total. The first-order valence-corrected chi connectivity index (χ1v) is 4.12. The fraction of sp³-hybridized carbons (Fsp3) is 0.300. The summed E-state index contributed by atoms with van der Waals surface area (Å²) >= 11 is 0. The Bertz CT molecular complexity index is 266. The third-order valence-corrected chi connectivity index (χ3v) is 1.56. The topological polar surface area (TPSA) is 38.9 Å². The molecule has 0 aromatic carbocycles. The van der Waals surface area contributed by atoms with Crippen molar-refractivity contribution < 1.29 is 0 Å². The number of rotatable bonds is 3. The summed E-state index contributed by atoms with van der Waals surface area (Å²) in [6.07, 6.45) is 6.90. The van der Waals surface area contributed by atoms with Crippen LogP contribution in [0.2, 0.25) is 0 Å². The first-order valence-electron chi connectivity index (χ1n) is 4.12. The maximum atomic E-state index is 5.36. The minimum absolute atomic E-state index is 0.709. The predicted octanol–water partition coefficient (Wildman–Crippen LogP) is 1.75. The van der Waals surface area contributed by atoms with Crippen molar-refractivity contribution in [2.24, 2.45) is 5.73 Å². The lowest BCUT2D eigenvalue weighted by molar-refractivity contribution is 1.01. The molecule has 0 fully saturated rings. The first-order chi connectivity index (χ1) is 5.83. The fourth-order valence-corrected chi connectivity index (χ4v) is 0.987. The van der Waals surface area contributed by atoms with Gasteiger partial charge in [-0.05, 0) is 37.6 Å². The van der Waals surface area contributed by atoms with Crippen LogP contribution in [0.5, 0.6) is 0 Å². The second-order valence-corrected chi connectivity index (χ2v) is 2.71. The van der Waals surface area contributed by atoms with E-state index in [1.165, 1.54) is 5.56 Å². The van der Waals surface area contributed by atoms with Gasteiger partial charge in [-0.15, -0.1) is 0 Å². The third kappa shape index (κ3) is 2.84. The Morgan fingerprint density at radius 2 is 2.42 bits per heavy atom. The largest absolute Gasteiger partial charge is 0.330 e. The number of aryl methyl sites for hydroxylation is 1. The summed E-state index contributed by atoms with van der Waals surface area (Å²) < 4.78 is 0. The van der Waals surface area contributed by atoms with Crippen LogP contribution < -0.4 is 5.73 Å². The summed E-state index contributed by atoms with van der Waals surface area (Å²) in [5.74, 6) is 0. The van der Waals surface area contributed by atoms with Gasteiger partial charge in [-0.1, -0.05) is 12.2 Å². The summed E-state index contributed by atoms with van der Waals surface area (Å²) in [7, 11) is 0. The highest BCUT2D eigenvalue weighted by Crippen LogP contribution is 2.03. The van der Waals surface area contributed by atoms with Gasteiger partial charge in [0, 0.05) is 11.9 Å². The van der Waals surface area contributed by atoms with Crippen molar-refractivity contribution in [3.63, 3.8) is 0 Å². The van der Waals surface area contributed by atoms with Crippen LogP contribution >= 0.6 is 0 Å². The number of nitrogens with zero attached hydrogens (tertiary/aromatic N) is 1. The summed E-state index contributed by atoms with van der Waals surface area (Å²) in [6, 6.07) is 4.03. The Labute approximate surface area is 73.1 Å². The van der Waals surface area contributed by atoms with E-state index < -0.39 is 0 Å². The van der Waals surface area contributed by atoms with E-state index in [0.29, 0.717) is 6.54 Å². The first kappa shape index (κ1) is 8.94. The van der Waals surface area contributed by atoms with E-state index in [2.05, 4.69) is 17.1 Å². The Morgan fingerprint density at radius 3 is 3.08 bits per heavy atom. The molecule has 0 aliphatic carbocycles. The molecule has 0 amide bonds. The molecule has 1 aromatic rings. The Kier molecular flexibility index (Phi) is 3.48. The number of pyridine rings is 1. The number of nitrogens with two attached hydrogens (primary N) is 1. The van der Waals surface area contributed by atoms with Crippen LogP contribution in [0.25, 0.3) is 6.08 Å². The second-order valence-electron chi connectivity index (χ2n) is 2.71. The van der Waals surface area contributed by atoms with Gasteiger partial charge in [0.15, 0.2) is 0 Å². The van der Waals surface area contributed by atoms with Crippen LogP contribution in [0.1, 0.15) is 17.7 Å². The lowest BCUT2D eigenvalue weighted by Crippen LogP contribution is -1.94. The molecule has 0 atom stereocenters. The lowest BCUT2D eigenvalue weighted by atomic mass is 10.2. The molecule has 1 rings (SSSR count). The summed E-state index contributed by atoms with van der Waals surface area (Å²) in [6.45, 7) is 2.70. The van der Waals surface area contributed by atoms with Gasteiger partial charge in [0.05, 0.1) is 0 Å². The van der Waals surface area contributed by atoms with Crippen molar-refractivity contribution in [2.75, 3.05) is 6.54 Å². The summed E-state index contributed by atoms with van der Waals surface area (Å²) in [5, 5.41) is 0. The predicted molar refractivity (Wildman–Crippen MR) is 51.7 cm³/mol. The van der Waals surface area contributed by atoms with Gasteiger partial charge in [-0.2, -0.15) is 0 Å². The molecule has 64 valence electrons. The smallest absolute Gasteiger partial charge is 0.0378 e. The summed E-state index contributed by atoms with van der Waals surface area (Å²) in [4.78, 5) is 4.11. The van der Waals surface area contributed by atoms with Crippen LogP contribution in [0.3, 0.4) is 0 Å². The highest BCUT2D eigenvalue weighted by atomic mass is 14.6. The van der Waals surface area contributed by atoms with E-state index in [1.807, 2.05) is 25.3 Å². The van der Waals surface area contributed by atoms with Crippen LogP contribution in [-0.4, -0.2) is 11.5 Å². The van der Waals surface area contributed by atoms with Crippen molar-refractivity contribution in [3.8, 4) is 0 Å². The molecule has 1 aromatic heterocycles. The van der Waals surface area contributed by atoms with E-state index in [9.17, 15) is 0 Å². The summed E-state index contributed by atoms with van der Waals surface area (Å²) in [5.41, 5.74) is 7.60. The third-order valence-electron chi connectivity index (χ3n) is 1.56. The number of aromatic nitrogens is 1. The average Bonchev–Trinajstić information content (AvgIpc) is 2.05. The monoisotopic (exact) mass is 162 g/mol. The zero-order valence-corrected chi connectivity index (χ0v) is 7.33. The minimum Gasteiger partial charge on any atom is -0.330 e. The van der Waals surface area contributed by atoms with Crippen LogP contribution in [-0.2, 0) is 0 Å². The van der Waals surface area contributed by atoms with E-state index in [4.69, 9.17) is 5.73 Å². The molecule has 0 saturated carbocycles. The molecular weight excluding hydrogens is 148 g/mol. The normalized spacial score (nSPS) is 10.8. The van der Waals surface area contributed by atoms with Crippen LogP contribution in [0, 0.1) is 6.92 Å². The molecule has 0 aliphatic heterocycles. The Hall–Kier alpha value is -1.15. The van der Waals surface area contributed by atoms with Crippen LogP contribution in [0.4, 0.5) is 0 Å². The van der Waals surface area contributed by atoms with Crippen molar-refractivity contribution in [1.29, 1.82) is 0 Å². The average molecular weight is 162 g/mol. The minimum atomic E-state index is 0.709. The quantitative estimate of drug-likeness (QED) is 0.735. The molecule has 12 heavy (non-hydrogen) atoms. The molecule has 0 unspecified atom stereocenters. The highest BCUT2D eigenvalue weighted by Gasteiger charge is 1.86. The Morgan fingerprint density at radius 1 is 1.58 bits per heavy atom. The molecule has 1 heterocycles. The zero-order chi connectivity index (χ0) is 8.81. The van der Waals surface area contributed by atoms with Gasteiger partial charge < -0.3 is 5.73 Å². The fourth-order valence-electron chi connectivity index (χ4n) is 0.987. The molecule has 2 N–H and O–H groups in total. The van der Waals surface area contributed by atoms with Crippen molar-refractivity contribution in [1.82, 2.24) is 4.98 Å². The van der Waals surface area contributed by atoms with Gasteiger partial charge in [-0.25, -0.2) is 0 Å². The highest BCUT2D eigenvalue weighted by molar-refractivity contribution is 5.48. The van der Waals surface area contributed by atoms with Crippen LogP contribution in [0.15, 0.2) is 24.4 Å². The number of hydrogen-bond acceptors (Lipinski definition) is 2. The van der Waals surface area contributed by atoms with Gasteiger partial charge in [0.25, 0.3) is 0 Å². The molecule has 0 spiro atoms. The van der Waals surface area contributed by atoms with E-state index in [-0.39, 0.29) is 0 Å². The van der Waals surface area contributed by atoms with Crippen molar-refractivity contribution >= 4 is 6.08 Å². The maximum absolute atomic E-state index is 5.36. The molecular formula is C10H14N2. The maximum Gasteiger partial charge on any atom is 0.0378 e. The molecule has 0 saturated heterocycles. The Balaban J connectivity index is 2.63. The second kappa shape index (κ2) is 4.67. The standard InChI is InChI=1S/C10H14N2/c1-9-8-10(5-7-12-9)4-2-3-6-11/h2,4-5,7-8H,3,6,11H2,1H3. The van der Waals surface area contributed by atoms with E-state index in [1.54, 1.807) is 0 Å². The van der Waals surface area contributed by atoms with Crippen molar-refractivity contribution in [3.05, 3.63) is 35.7 Å². The van der Waals surface area contributed by atoms with Crippen molar-refractivity contribution in [2.45, 2.75) is 13.3 Å². The van der Waals surface area contributed by atoms with E-state index in [0.717, 1.165) is 12.1 Å². The lowest BCUT2D eigenvalue weighted by Gasteiger charge is -1.93. The van der Waals surface area contributed by atoms with Gasteiger partial charge >= 0.3 is 0 Å². The van der Waals surface area contributed by atoms with Gasteiger partial charge in [0.1, 0.15) is 0 Å². The molecule has 0 bridgehead atoms. The molecule has 0 radical (unpaired) electrons.